The van der Waals surface area contributed by atoms with E-state index in [1.54, 1.807) is 36.1 Å². The van der Waals surface area contributed by atoms with Crippen LogP contribution in [0.1, 0.15) is 53.2 Å². The van der Waals surface area contributed by atoms with E-state index in [9.17, 15) is 19.2 Å². The third kappa shape index (κ3) is 3.28. The Hall–Kier alpha value is -3.48. The van der Waals surface area contributed by atoms with Gasteiger partial charge in [-0.3, -0.25) is 19.3 Å². The maximum absolute atomic E-state index is 13.3. The Labute approximate surface area is 186 Å². The molecule has 2 aromatic carbocycles. The minimum absolute atomic E-state index is 0.0359. The molecule has 5 rings (SSSR count). The van der Waals surface area contributed by atoms with Crippen LogP contribution in [0.2, 0.25) is 0 Å². The fourth-order valence-corrected chi connectivity index (χ4v) is 4.92. The number of imide groups is 1. The first kappa shape index (κ1) is 20.4. The number of aryl methyl sites for hydroxylation is 2. The number of ketones is 1. The third-order valence-corrected chi connectivity index (χ3v) is 6.81. The molecule has 0 saturated carbocycles. The first-order valence-corrected chi connectivity index (χ1v) is 11.1. The summed E-state index contributed by atoms with van der Waals surface area (Å²) in [5, 5.41) is 2.79. The second kappa shape index (κ2) is 7.58. The topological polar surface area (TPSA) is 86.8 Å². The van der Waals surface area contributed by atoms with E-state index < -0.39 is 17.5 Å². The number of anilines is 1. The lowest BCUT2D eigenvalue weighted by molar-refractivity contribution is -0.130. The van der Waals surface area contributed by atoms with Gasteiger partial charge in [-0.05, 0) is 61.4 Å². The van der Waals surface area contributed by atoms with Crippen LogP contribution in [0.15, 0.2) is 42.5 Å². The second-order valence-corrected chi connectivity index (χ2v) is 8.91. The highest BCUT2D eigenvalue weighted by Crippen LogP contribution is 2.33. The van der Waals surface area contributed by atoms with Gasteiger partial charge in [0.15, 0.2) is 5.78 Å². The quantitative estimate of drug-likeness (QED) is 0.583. The summed E-state index contributed by atoms with van der Waals surface area (Å²) in [6, 6.07) is 12.2. The number of Topliss-reactive ketones (excluding diaryl/α,β-unsaturated/α-hetero) is 1. The van der Waals surface area contributed by atoms with Crippen LogP contribution in [-0.2, 0) is 28.0 Å². The summed E-state index contributed by atoms with van der Waals surface area (Å²) in [5.74, 6) is -0.742. The lowest BCUT2D eigenvalue weighted by Crippen LogP contribution is -2.41. The molecule has 164 valence electrons. The van der Waals surface area contributed by atoms with Gasteiger partial charge >= 0.3 is 6.03 Å². The summed E-state index contributed by atoms with van der Waals surface area (Å²) in [5.41, 5.74) is 3.08. The van der Waals surface area contributed by atoms with E-state index in [-0.39, 0.29) is 18.2 Å². The van der Waals surface area contributed by atoms with Gasteiger partial charge in [-0.15, -0.1) is 0 Å². The molecule has 4 amide bonds. The monoisotopic (exact) mass is 431 g/mol. The standard InChI is InChI=1S/C25H25N3O4/c1-25(19-11-10-16-5-2-6-17(16)13-19)23(31)28(24(32)26-25)15-21(29)18-7-3-8-20(14-18)27-12-4-9-22(27)30/h3,7-8,10-11,13-14H,2,4-6,9,12,15H2,1H3,(H,26,32)/t25-/m0/s1. The number of amides is 4. The van der Waals surface area contributed by atoms with Crippen molar-refractivity contribution < 1.29 is 19.2 Å². The molecule has 1 atom stereocenters. The van der Waals surface area contributed by atoms with Crippen LogP contribution in [0, 0.1) is 0 Å². The van der Waals surface area contributed by atoms with Crippen molar-refractivity contribution in [3.8, 4) is 0 Å². The SMILES string of the molecule is C[C@@]1(c2ccc3c(c2)CCC3)NC(=O)N(CC(=O)c2cccc(N3CCCC3=O)c2)C1=O. The number of benzene rings is 2. The fraction of sp³-hybridized carbons (Fsp3) is 0.360. The molecule has 3 aliphatic rings. The number of carbonyl (C=O) groups is 4. The number of urea groups is 1. The largest absolute Gasteiger partial charge is 0.325 e. The molecular formula is C25H25N3O4. The van der Waals surface area contributed by atoms with Crippen LogP contribution in [0.5, 0.6) is 0 Å². The number of hydrogen-bond acceptors (Lipinski definition) is 4. The lowest BCUT2D eigenvalue weighted by Gasteiger charge is -2.23. The highest BCUT2D eigenvalue weighted by atomic mass is 16.2. The second-order valence-electron chi connectivity index (χ2n) is 8.91. The van der Waals surface area contributed by atoms with Crippen LogP contribution >= 0.6 is 0 Å². The number of rotatable bonds is 5. The van der Waals surface area contributed by atoms with Crippen molar-refractivity contribution in [1.29, 1.82) is 0 Å². The molecule has 7 nitrogen and oxygen atoms in total. The minimum Gasteiger partial charge on any atom is -0.319 e. The van der Waals surface area contributed by atoms with Gasteiger partial charge < -0.3 is 10.2 Å². The number of nitrogens with zero attached hydrogens (tertiary/aromatic N) is 2. The Bertz CT molecular complexity index is 1160. The molecule has 0 unspecified atom stereocenters. The van der Waals surface area contributed by atoms with Crippen LogP contribution in [0.3, 0.4) is 0 Å². The molecule has 0 radical (unpaired) electrons. The summed E-state index contributed by atoms with van der Waals surface area (Å²) in [4.78, 5) is 53.6. The molecule has 0 spiro atoms. The van der Waals surface area contributed by atoms with Gasteiger partial charge in [-0.1, -0.05) is 30.3 Å². The Kier molecular flexibility index (Phi) is 4.84. The third-order valence-electron chi connectivity index (χ3n) is 6.81. The zero-order chi connectivity index (χ0) is 22.5. The number of hydrogen-bond donors (Lipinski definition) is 1. The minimum atomic E-state index is -1.20. The van der Waals surface area contributed by atoms with E-state index >= 15 is 0 Å². The van der Waals surface area contributed by atoms with Gasteiger partial charge in [0.25, 0.3) is 5.91 Å². The van der Waals surface area contributed by atoms with Crippen molar-refractivity contribution in [1.82, 2.24) is 10.2 Å². The molecule has 2 aliphatic heterocycles. The van der Waals surface area contributed by atoms with Crippen molar-refractivity contribution in [3.05, 3.63) is 64.7 Å². The summed E-state index contributed by atoms with van der Waals surface area (Å²) in [6.07, 6.45) is 4.40. The van der Waals surface area contributed by atoms with E-state index in [4.69, 9.17) is 0 Å². The molecule has 0 bridgehead atoms. The summed E-state index contributed by atoms with van der Waals surface area (Å²) < 4.78 is 0. The van der Waals surface area contributed by atoms with Crippen molar-refractivity contribution in [2.45, 2.75) is 44.6 Å². The van der Waals surface area contributed by atoms with Crippen molar-refractivity contribution >= 4 is 29.3 Å². The van der Waals surface area contributed by atoms with Gasteiger partial charge in [-0.2, -0.15) is 0 Å². The van der Waals surface area contributed by atoms with Crippen LogP contribution in [0.25, 0.3) is 0 Å². The predicted molar refractivity (Wildman–Crippen MR) is 118 cm³/mol. The predicted octanol–water partition coefficient (Wildman–Crippen LogP) is 2.95. The van der Waals surface area contributed by atoms with Gasteiger partial charge in [0.1, 0.15) is 5.54 Å². The first-order valence-electron chi connectivity index (χ1n) is 11.1. The molecule has 2 fully saturated rings. The Morgan fingerprint density at radius 3 is 2.59 bits per heavy atom. The molecule has 32 heavy (non-hydrogen) atoms. The molecule has 2 heterocycles. The van der Waals surface area contributed by atoms with Gasteiger partial charge in [0, 0.05) is 24.2 Å². The van der Waals surface area contributed by atoms with E-state index in [0.717, 1.165) is 36.1 Å². The molecule has 1 aliphatic carbocycles. The van der Waals surface area contributed by atoms with Crippen LogP contribution in [0.4, 0.5) is 10.5 Å². The van der Waals surface area contributed by atoms with Crippen LogP contribution < -0.4 is 10.2 Å². The zero-order valence-corrected chi connectivity index (χ0v) is 18.0. The Morgan fingerprint density at radius 1 is 1.00 bits per heavy atom. The average Bonchev–Trinajstić information content (AvgIpc) is 3.49. The molecule has 1 N–H and O–H groups in total. The smallest absolute Gasteiger partial charge is 0.319 e. The summed E-state index contributed by atoms with van der Waals surface area (Å²) in [6.45, 7) is 1.97. The zero-order valence-electron chi connectivity index (χ0n) is 18.0. The highest BCUT2D eigenvalue weighted by molar-refractivity contribution is 6.11. The molecular weight excluding hydrogens is 406 g/mol. The summed E-state index contributed by atoms with van der Waals surface area (Å²) in [7, 11) is 0. The molecule has 2 aromatic rings. The molecule has 0 aromatic heterocycles. The Morgan fingerprint density at radius 2 is 1.81 bits per heavy atom. The van der Waals surface area contributed by atoms with E-state index in [1.807, 2.05) is 18.2 Å². The van der Waals surface area contributed by atoms with Gasteiger partial charge in [0.05, 0.1) is 6.54 Å². The van der Waals surface area contributed by atoms with E-state index in [1.165, 1.54) is 11.1 Å². The van der Waals surface area contributed by atoms with Crippen molar-refractivity contribution in [2.75, 3.05) is 18.0 Å². The fourth-order valence-electron chi connectivity index (χ4n) is 4.92. The van der Waals surface area contributed by atoms with E-state index in [2.05, 4.69) is 5.32 Å². The number of nitrogens with one attached hydrogen (secondary N) is 1. The summed E-state index contributed by atoms with van der Waals surface area (Å²) >= 11 is 0. The normalized spacial score (nSPS) is 22.5. The number of fused-ring (bicyclic) bond motifs is 1. The van der Waals surface area contributed by atoms with E-state index in [0.29, 0.717) is 24.2 Å². The lowest BCUT2D eigenvalue weighted by atomic mass is 9.89. The highest BCUT2D eigenvalue weighted by Gasteiger charge is 2.49. The Balaban J connectivity index is 1.36. The van der Waals surface area contributed by atoms with Gasteiger partial charge in [-0.25, -0.2) is 4.79 Å². The first-order chi connectivity index (χ1) is 15.4. The van der Waals surface area contributed by atoms with Gasteiger partial charge in [0.2, 0.25) is 5.91 Å². The van der Waals surface area contributed by atoms with Crippen molar-refractivity contribution in [3.63, 3.8) is 0 Å². The molecule has 2 saturated heterocycles. The average molecular weight is 431 g/mol. The maximum Gasteiger partial charge on any atom is 0.325 e. The van der Waals surface area contributed by atoms with Crippen molar-refractivity contribution in [2.24, 2.45) is 0 Å². The maximum atomic E-state index is 13.3. The van der Waals surface area contributed by atoms with Crippen LogP contribution in [-0.4, -0.2) is 41.6 Å². The number of carbonyl (C=O) groups excluding carboxylic acids is 4. The molecule has 7 heteroatoms.